The molecule has 0 heterocycles. The standard InChI is InChI=1S/C20H25FN2O/c1-14(2)17-8-6-16(7-9-17)12-23(4)13-20(24)22-19-11-18(21)10-5-15(19)3/h5-11,14H,12-13H2,1-4H3,(H,22,24). The number of rotatable bonds is 6. The van der Waals surface area contributed by atoms with Gasteiger partial charge in [-0.2, -0.15) is 0 Å². The minimum absolute atomic E-state index is 0.148. The van der Waals surface area contributed by atoms with Crippen LogP contribution in [-0.2, 0) is 11.3 Å². The number of hydrogen-bond acceptors (Lipinski definition) is 2. The molecule has 0 saturated heterocycles. The Morgan fingerprint density at radius 3 is 2.46 bits per heavy atom. The highest BCUT2D eigenvalue weighted by atomic mass is 19.1. The van der Waals surface area contributed by atoms with Crippen LogP contribution in [0.4, 0.5) is 10.1 Å². The van der Waals surface area contributed by atoms with Gasteiger partial charge in [0.05, 0.1) is 6.54 Å². The van der Waals surface area contributed by atoms with Crippen molar-refractivity contribution in [2.75, 3.05) is 18.9 Å². The smallest absolute Gasteiger partial charge is 0.238 e. The Balaban J connectivity index is 1.90. The van der Waals surface area contributed by atoms with Crippen LogP contribution in [-0.4, -0.2) is 24.4 Å². The average Bonchev–Trinajstić information content (AvgIpc) is 2.51. The molecule has 0 bridgehead atoms. The molecule has 0 radical (unpaired) electrons. The molecule has 2 aromatic carbocycles. The summed E-state index contributed by atoms with van der Waals surface area (Å²) in [4.78, 5) is 14.1. The van der Waals surface area contributed by atoms with Crippen molar-refractivity contribution < 1.29 is 9.18 Å². The molecule has 0 spiro atoms. The predicted molar refractivity (Wildman–Crippen MR) is 96.6 cm³/mol. The fourth-order valence-electron chi connectivity index (χ4n) is 2.54. The van der Waals surface area contributed by atoms with E-state index in [1.165, 1.54) is 17.7 Å². The molecule has 2 rings (SSSR count). The lowest BCUT2D eigenvalue weighted by Crippen LogP contribution is -2.30. The molecule has 0 aliphatic heterocycles. The van der Waals surface area contributed by atoms with Crippen LogP contribution in [0.3, 0.4) is 0 Å². The van der Waals surface area contributed by atoms with Crippen LogP contribution < -0.4 is 5.32 Å². The fourth-order valence-corrected chi connectivity index (χ4v) is 2.54. The summed E-state index contributed by atoms with van der Waals surface area (Å²) < 4.78 is 13.3. The van der Waals surface area contributed by atoms with Crippen LogP contribution in [0, 0.1) is 12.7 Å². The number of carbonyl (C=O) groups is 1. The van der Waals surface area contributed by atoms with Gasteiger partial charge in [-0.25, -0.2) is 4.39 Å². The van der Waals surface area contributed by atoms with Crippen LogP contribution in [0.1, 0.15) is 36.5 Å². The first-order valence-electron chi connectivity index (χ1n) is 8.18. The highest BCUT2D eigenvalue weighted by molar-refractivity contribution is 5.92. The lowest BCUT2D eigenvalue weighted by atomic mass is 10.0. The number of hydrogen-bond donors (Lipinski definition) is 1. The average molecular weight is 328 g/mol. The molecule has 4 heteroatoms. The van der Waals surface area contributed by atoms with Gasteiger partial charge in [0.15, 0.2) is 0 Å². The third-order valence-electron chi connectivity index (χ3n) is 3.99. The molecule has 128 valence electrons. The molecule has 1 N–H and O–H groups in total. The van der Waals surface area contributed by atoms with Crippen molar-refractivity contribution in [3.8, 4) is 0 Å². The molecule has 24 heavy (non-hydrogen) atoms. The molecule has 0 aliphatic carbocycles. The quantitative estimate of drug-likeness (QED) is 0.856. The number of likely N-dealkylation sites (N-methyl/N-ethyl adjacent to an activating group) is 1. The van der Waals surface area contributed by atoms with Crippen molar-refractivity contribution in [2.45, 2.75) is 33.2 Å². The maximum atomic E-state index is 13.3. The number of benzene rings is 2. The summed E-state index contributed by atoms with van der Waals surface area (Å²) in [7, 11) is 1.90. The number of anilines is 1. The summed E-state index contributed by atoms with van der Waals surface area (Å²) in [5.41, 5.74) is 3.84. The van der Waals surface area contributed by atoms with Gasteiger partial charge in [0, 0.05) is 12.2 Å². The summed E-state index contributed by atoms with van der Waals surface area (Å²) in [6, 6.07) is 12.8. The Bertz CT molecular complexity index is 695. The van der Waals surface area contributed by atoms with Crippen molar-refractivity contribution >= 4 is 11.6 Å². The molecule has 0 fully saturated rings. The van der Waals surface area contributed by atoms with Gasteiger partial charge < -0.3 is 5.32 Å². The second-order valence-electron chi connectivity index (χ2n) is 6.58. The Hall–Kier alpha value is -2.20. The third kappa shape index (κ3) is 5.17. The van der Waals surface area contributed by atoms with Crippen molar-refractivity contribution in [1.29, 1.82) is 0 Å². The number of amides is 1. The number of nitrogens with one attached hydrogen (secondary N) is 1. The van der Waals surface area contributed by atoms with Gasteiger partial charge in [-0.15, -0.1) is 0 Å². The van der Waals surface area contributed by atoms with Crippen LogP contribution in [0.25, 0.3) is 0 Å². The van der Waals surface area contributed by atoms with Gasteiger partial charge in [-0.3, -0.25) is 9.69 Å². The van der Waals surface area contributed by atoms with E-state index in [1.54, 1.807) is 6.07 Å². The highest BCUT2D eigenvalue weighted by Gasteiger charge is 2.10. The van der Waals surface area contributed by atoms with E-state index in [9.17, 15) is 9.18 Å². The highest BCUT2D eigenvalue weighted by Crippen LogP contribution is 2.17. The van der Waals surface area contributed by atoms with Crippen molar-refractivity contribution in [2.24, 2.45) is 0 Å². The number of aryl methyl sites for hydroxylation is 1. The van der Waals surface area contributed by atoms with Crippen LogP contribution in [0.5, 0.6) is 0 Å². The topological polar surface area (TPSA) is 32.3 Å². The minimum Gasteiger partial charge on any atom is -0.325 e. The number of nitrogens with zero attached hydrogens (tertiary/aromatic N) is 1. The zero-order valence-electron chi connectivity index (χ0n) is 14.8. The molecule has 0 unspecified atom stereocenters. The summed E-state index contributed by atoms with van der Waals surface area (Å²) in [6.07, 6.45) is 0. The van der Waals surface area contributed by atoms with Crippen LogP contribution in [0.2, 0.25) is 0 Å². The van der Waals surface area contributed by atoms with Crippen LogP contribution in [0.15, 0.2) is 42.5 Å². The third-order valence-corrected chi connectivity index (χ3v) is 3.99. The Labute approximate surface area is 143 Å². The van der Waals surface area contributed by atoms with Gasteiger partial charge in [0.25, 0.3) is 0 Å². The van der Waals surface area contributed by atoms with E-state index in [0.29, 0.717) is 18.2 Å². The van der Waals surface area contributed by atoms with Gasteiger partial charge in [-0.1, -0.05) is 44.2 Å². The van der Waals surface area contributed by atoms with E-state index >= 15 is 0 Å². The van der Waals surface area contributed by atoms with Crippen LogP contribution >= 0.6 is 0 Å². The molecular weight excluding hydrogens is 303 g/mol. The monoisotopic (exact) mass is 328 g/mol. The molecule has 0 atom stereocenters. The summed E-state index contributed by atoms with van der Waals surface area (Å²) in [6.45, 7) is 7.12. The van der Waals surface area contributed by atoms with Gasteiger partial charge in [0.1, 0.15) is 5.82 Å². The second-order valence-corrected chi connectivity index (χ2v) is 6.58. The molecule has 3 nitrogen and oxygen atoms in total. The van der Waals surface area contributed by atoms with Crippen molar-refractivity contribution in [3.05, 3.63) is 65.0 Å². The number of carbonyl (C=O) groups excluding carboxylic acids is 1. The first-order valence-corrected chi connectivity index (χ1v) is 8.18. The summed E-state index contributed by atoms with van der Waals surface area (Å²) in [5, 5.41) is 2.77. The molecule has 0 aliphatic rings. The molecule has 0 aromatic heterocycles. The number of halogens is 1. The Morgan fingerprint density at radius 2 is 1.83 bits per heavy atom. The van der Waals surface area contributed by atoms with E-state index in [-0.39, 0.29) is 18.3 Å². The maximum Gasteiger partial charge on any atom is 0.238 e. The van der Waals surface area contributed by atoms with E-state index in [4.69, 9.17) is 0 Å². The second kappa shape index (κ2) is 8.06. The van der Waals surface area contributed by atoms with E-state index < -0.39 is 0 Å². The fraction of sp³-hybridized carbons (Fsp3) is 0.350. The van der Waals surface area contributed by atoms with E-state index in [1.807, 2.05) is 18.9 Å². The first-order chi connectivity index (χ1) is 11.3. The summed E-state index contributed by atoms with van der Waals surface area (Å²) in [5.74, 6) is 0.0107. The van der Waals surface area contributed by atoms with E-state index in [2.05, 4.69) is 43.4 Å². The van der Waals surface area contributed by atoms with Gasteiger partial charge in [0.2, 0.25) is 5.91 Å². The first kappa shape index (κ1) is 18.1. The zero-order chi connectivity index (χ0) is 17.7. The van der Waals surface area contributed by atoms with Crippen molar-refractivity contribution in [3.63, 3.8) is 0 Å². The lowest BCUT2D eigenvalue weighted by Gasteiger charge is -2.17. The Kier molecular flexibility index (Phi) is 6.10. The molecule has 1 amide bonds. The van der Waals surface area contributed by atoms with E-state index in [0.717, 1.165) is 11.1 Å². The normalized spacial score (nSPS) is 11.1. The SMILES string of the molecule is Cc1ccc(F)cc1NC(=O)CN(C)Cc1ccc(C(C)C)cc1. The predicted octanol–water partition coefficient (Wildman–Crippen LogP) is 4.33. The van der Waals surface area contributed by atoms with Gasteiger partial charge >= 0.3 is 0 Å². The van der Waals surface area contributed by atoms with Gasteiger partial charge in [-0.05, 0) is 48.7 Å². The lowest BCUT2D eigenvalue weighted by molar-refractivity contribution is -0.117. The molecule has 0 saturated carbocycles. The maximum absolute atomic E-state index is 13.3. The largest absolute Gasteiger partial charge is 0.325 e. The van der Waals surface area contributed by atoms with Crippen molar-refractivity contribution in [1.82, 2.24) is 4.90 Å². The molecular formula is C20H25FN2O. The molecule has 2 aromatic rings. The Morgan fingerprint density at radius 1 is 1.17 bits per heavy atom. The summed E-state index contributed by atoms with van der Waals surface area (Å²) >= 11 is 0. The zero-order valence-corrected chi connectivity index (χ0v) is 14.8. The minimum atomic E-state index is -0.352.